The minimum atomic E-state index is -0.850. The molecule has 2 saturated heterocycles. The molecule has 5 nitrogen and oxygen atoms in total. The molecule has 2 aliphatic heterocycles. The maximum Gasteiger partial charge on any atom is 0.186 e. The van der Waals surface area contributed by atoms with Crippen LogP contribution in [0.1, 0.15) is 47.0 Å². The van der Waals surface area contributed by atoms with Gasteiger partial charge in [0.25, 0.3) is 0 Å². The van der Waals surface area contributed by atoms with Gasteiger partial charge in [0.15, 0.2) is 12.1 Å². The lowest BCUT2D eigenvalue weighted by atomic mass is 10.00. The molecule has 0 bridgehead atoms. The van der Waals surface area contributed by atoms with Gasteiger partial charge in [0, 0.05) is 0 Å². The average molecular weight is 300 g/mol. The van der Waals surface area contributed by atoms with E-state index in [4.69, 9.17) is 18.9 Å². The predicted octanol–water partition coefficient (Wildman–Crippen LogP) is 2.37. The van der Waals surface area contributed by atoms with Gasteiger partial charge in [-0.05, 0) is 33.6 Å². The van der Waals surface area contributed by atoms with E-state index in [9.17, 15) is 5.11 Å². The van der Waals surface area contributed by atoms with Crippen molar-refractivity contribution in [2.24, 2.45) is 0 Å². The third-order valence-corrected chi connectivity index (χ3v) is 3.96. The number of hydrogen-bond donors (Lipinski definition) is 1. The third-order valence-electron chi connectivity index (χ3n) is 3.96. The highest BCUT2D eigenvalue weighted by molar-refractivity contribution is 4.95. The normalized spacial score (nSPS) is 39.8. The summed E-state index contributed by atoms with van der Waals surface area (Å²) in [6, 6.07) is 0. The van der Waals surface area contributed by atoms with Crippen molar-refractivity contribution in [2.75, 3.05) is 0 Å². The van der Waals surface area contributed by atoms with E-state index in [0.717, 1.165) is 19.3 Å². The van der Waals surface area contributed by atoms with Crippen LogP contribution in [0.3, 0.4) is 0 Å². The van der Waals surface area contributed by atoms with E-state index in [1.165, 1.54) is 0 Å². The molecule has 2 fully saturated rings. The van der Waals surface area contributed by atoms with Crippen LogP contribution in [0.25, 0.3) is 0 Å². The van der Waals surface area contributed by atoms with Gasteiger partial charge in [0.1, 0.15) is 18.3 Å². The summed E-state index contributed by atoms with van der Waals surface area (Å²) >= 11 is 0. The summed E-state index contributed by atoms with van der Waals surface area (Å²) in [5, 5.41) is 10.5. The van der Waals surface area contributed by atoms with Crippen molar-refractivity contribution in [1.82, 2.24) is 0 Å². The van der Waals surface area contributed by atoms with Crippen molar-refractivity contribution in [3.05, 3.63) is 12.7 Å². The van der Waals surface area contributed by atoms with E-state index in [1.54, 1.807) is 0 Å². The zero-order chi connectivity index (χ0) is 15.6. The number of aliphatic hydroxyl groups is 1. The third kappa shape index (κ3) is 3.85. The molecule has 0 aromatic rings. The molecule has 0 radical (unpaired) electrons. The second-order valence-electron chi connectivity index (χ2n) is 6.34. The molecule has 0 amide bonds. The summed E-state index contributed by atoms with van der Waals surface area (Å²) in [7, 11) is 0. The van der Waals surface area contributed by atoms with Crippen LogP contribution in [0.5, 0.6) is 0 Å². The molecule has 0 spiro atoms. The van der Waals surface area contributed by atoms with Gasteiger partial charge in [0.2, 0.25) is 0 Å². The van der Waals surface area contributed by atoms with Crippen LogP contribution < -0.4 is 0 Å². The zero-order valence-corrected chi connectivity index (χ0v) is 13.5. The van der Waals surface area contributed by atoms with Crippen LogP contribution in [-0.4, -0.2) is 47.7 Å². The molecule has 5 heteroatoms. The molecule has 2 rings (SSSR count). The average Bonchev–Trinajstić information content (AvgIpc) is 2.73. The lowest BCUT2D eigenvalue weighted by Crippen LogP contribution is -2.56. The first-order chi connectivity index (χ1) is 9.88. The molecule has 0 aliphatic carbocycles. The van der Waals surface area contributed by atoms with Crippen molar-refractivity contribution in [3.63, 3.8) is 0 Å². The van der Waals surface area contributed by atoms with Crippen LogP contribution in [0.2, 0.25) is 0 Å². The second kappa shape index (κ2) is 6.75. The molecule has 21 heavy (non-hydrogen) atoms. The minimum absolute atomic E-state index is 0.00577. The standard InChI is InChI=1S/C16H28O5/c1-6-8-11(9-7-2)19-15-12(17)14-13(10(3)18-15)20-16(4,5)21-14/h6,10-15,17H,1,7-9H2,2-5H3/t10-,11-,12-,13+,14-,15+/m1/s1. The Kier molecular flexibility index (Phi) is 5.43. The summed E-state index contributed by atoms with van der Waals surface area (Å²) in [4.78, 5) is 0. The van der Waals surface area contributed by atoms with Gasteiger partial charge in [-0.1, -0.05) is 19.4 Å². The van der Waals surface area contributed by atoms with Crippen molar-refractivity contribution < 1.29 is 24.1 Å². The van der Waals surface area contributed by atoms with Gasteiger partial charge in [-0.3, -0.25) is 0 Å². The highest BCUT2D eigenvalue weighted by Gasteiger charge is 2.54. The van der Waals surface area contributed by atoms with E-state index >= 15 is 0 Å². The Labute approximate surface area is 127 Å². The fraction of sp³-hybridized carbons (Fsp3) is 0.875. The number of fused-ring (bicyclic) bond motifs is 1. The van der Waals surface area contributed by atoms with E-state index in [-0.39, 0.29) is 18.3 Å². The second-order valence-corrected chi connectivity index (χ2v) is 6.34. The predicted molar refractivity (Wildman–Crippen MR) is 78.8 cm³/mol. The first-order valence-electron chi connectivity index (χ1n) is 7.83. The Morgan fingerprint density at radius 1 is 1.33 bits per heavy atom. The molecule has 122 valence electrons. The first-order valence-corrected chi connectivity index (χ1v) is 7.83. The Hall–Kier alpha value is -0.460. The number of hydrogen-bond acceptors (Lipinski definition) is 5. The first kappa shape index (κ1) is 16.9. The highest BCUT2D eigenvalue weighted by Crippen LogP contribution is 2.38. The van der Waals surface area contributed by atoms with E-state index in [2.05, 4.69) is 13.5 Å². The van der Waals surface area contributed by atoms with E-state index < -0.39 is 24.3 Å². The van der Waals surface area contributed by atoms with Crippen LogP contribution in [0, 0.1) is 0 Å². The number of rotatable bonds is 6. The molecule has 0 aromatic heterocycles. The van der Waals surface area contributed by atoms with Crippen LogP contribution in [-0.2, 0) is 18.9 Å². The van der Waals surface area contributed by atoms with Gasteiger partial charge < -0.3 is 24.1 Å². The highest BCUT2D eigenvalue weighted by atomic mass is 16.8. The van der Waals surface area contributed by atoms with Crippen LogP contribution >= 0.6 is 0 Å². The Balaban J connectivity index is 2.03. The van der Waals surface area contributed by atoms with Gasteiger partial charge >= 0.3 is 0 Å². The summed E-state index contributed by atoms with van der Waals surface area (Å²) in [6.07, 6.45) is 2.10. The Morgan fingerprint density at radius 2 is 2.00 bits per heavy atom. The van der Waals surface area contributed by atoms with Crippen molar-refractivity contribution in [3.8, 4) is 0 Å². The van der Waals surface area contributed by atoms with Gasteiger partial charge in [0.05, 0.1) is 12.2 Å². The quantitative estimate of drug-likeness (QED) is 0.763. The topological polar surface area (TPSA) is 57.2 Å². The maximum atomic E-state index is 10.5. The van der Waals surface area contributed by atoms with Gasteiger partial charge in [-0.2, -0.15) is 0 Å². The fourth-order valence-corrected chi connectivity index (χ4v) is 3.02. The van der Waals surface area contributed by atoms with Crippen LogP contribution in [0.4, 0.5) is 0 Å². The van der Waals surface area contributed by atoms with E-state index in [1.807, 2.05) is 26.8 Å². The Morgan fingerprint density at radius 3 is 2.62 bits per heavy atom. The van der Waals surface area contributed by atoms with Crippen LogP contribution in [0.15, 0.2) is 12.7 Å². The molecular formula is C16H28O5. The lowest BCUT2D eigenvalue weighted by Gasteiger charge is -2.39. The minimum Gasteiger partial charge on any atom is -0.385 e. The van der Waals surface area contributed by atoms with Crippen molar-refractivity contribution in [1.29, 1.82) is 0 Å². The molecule has 0 unspecified atom stereocenters. The fourth-order valence-electron chi connectivity index (χ4n) is 3.02. The van der Waals surface area contributed by atoms with Gasteiger partial charge in [-0.15, -0.1) is 6.58 Å². The number of aliphatic hydroxyl groups excluding tert-OH is 1. The molecule has 2 heterocycles. The Bertz CT molecular complexity index is 357. The molecule has 6 atom stereocenters. The molecular weight excluding hydrogens is 272 g/mol. The van der Waals surface area contributed by atoms with Crippen molar-refractivity contribution in [2.45, 2.75) is 89.6 Å². The van der Waals surface area contributed by atoms with Gasteiger partial charge in [-0.25, -0.2) is 0 Å². The summed E-state index contributed by atoms with van der Waals surface area (Å²) in [5.41, 5.74) is 0. The molecule has 2 aliphatic rings. The molecule has 1 N–H and O–H groups in total. The summed E-state index contributed by atoms with van der Waals surface area (Å²) in [5.74, 6) is -0.702. The maximum absolute atomic E-state index is 10.5. The van der Waals surface area contributed by atoms with Crippen molar-refractivity contribution >= 4 is 0 Å². The summed E-state index contributed by atoms with van der Waals surface area (Å²) in [6.45, 7) is 11.5. The smallest absolute Gasteiger partial charge is 0.186 e. The number of ether oxygens (including phenoxy) is 4. The van der Waals surface area contributed by atoms with E-state index in [0.29, 0.717) is 0 Å². The largest absolute Gasteiger partial charge is 0.385 e. The lowest BCUT2D eigenvalue weighted by molar-refractivity contribution is -0.286. The zero-order valence-electron chi connectivity index (χ0n) is 13.5. The summed E-state index contributed by atoms with van der Waals surface area (Å²) < 4.78 is 23.4. The molecule has 0 aromatic carbocycles. The monoisotopic (exact) mass is 300 g/mol. The SMILES string of the molecule is C=CC[C@H](CCC)O[C@@H]1O[C@H](C)[C@@H]2OC(C)(C)O[C@@H]2[C@H]1O. The molecule has 0 saturated carbocycles.